The van der Waals surface area contributed by atoms with Gasteiger partial charge in [0.05, 0.1) is 0 Å². The van der Waals surface area contributed by atoms with Crippen molar-refractivity contribution in [1.82, 2.24) is 0 Å². The quantitative estimate of drug-likeness (QED) is 0.730. The molecule has 1 aromatic carbocycles. The van der Waals surface area contributed by atoms with Gasteiger partial charge in [-0.3, -0.25) is 0 Å². The summed E-state index contributed by atoms with van der Waals surface area (Å²) in [5.74, 6) is 0.550. The van der Waals surface area contributed by atoms with Crippen LogP contribution in [0.15, 0.2) is 34.3 Å². The molecule has 4 heteroatoms. The van der Waals surface area contributed by atoms with Crippen molar-refractivity contribution >= 4 is 23.7 Å². The normalized spacial score (nSPS) is 14.3. The molecule has 0 unspecified atom stereocenters. The summed E-state index contributed by atoms with van der Waals surface area (Å²) < 4.78 is 0. The van der Waals surface area contributed by atoms with Crippen molar-refractivity contribution in [2.75, 3.05) is 0 Å². The second-order valence-electron chi connectivity index (χ2n) is 3.15. The Hall–Kier alpha value is -1.73. The van der Waals surface area contributed by atoms with Crippen molar-refractivity contribution in [2.45, 2.75) is 6.42 Å². The van der Waals surface area contributed by atoms with E-state index in [1.807, 2.05) is 35.7 Å². The van der Waals surface area contributed by atoms with Crippen LogP contribution in [0.2, 0.25) is 0 Å². The zero-order chi connectivity index (χ0) is 10.7. The van der Waals surface area contributed by atoms with Crippen LogP contribution in [0, 0.1) is 10.7 Å². The second-order valence-corrected chi connectivity index (χ2v) is 3.96. The largest absolute Gasteiger partial charge is 0.387 e. The van der Waals surface area contributed by atoms with Crippen molar-refractivity contribution in [3.8, 4) is 5.40 Å². The summed E-state index contributed by atoms with van der Waals surface area (Å²) in [4.78, 5) is 4.18. The molecule has 2 rings (SSSR count). The molecule has 3 nitrogen and oxygen atoms in total. The van der Waals surface area contributed by atoms with Gasteiger partial charge in [-0.15, -0.1) is 0 Å². The molecule has 0 fully saturated rings. The molecule has 0 atom stereocenters. The summed E-state index contributed by atoms with van der Waals surface area (Å²) >= 11 is 1.03. The molecule has 1 aliphatic heterocycles. The van der Waals surface area contributed by atoms with E-state index in [2.05, 4.69) is 4.99 Å². The van der Waals surface area contributed by atoms with Gasteiger partial charge in [-0.05, 0) is 17.2 Å². The van der Waals surface area contributed by atoms with Crippen molar-refractivity contribution in [1.29, 1.82) is 5.26 Å². The first-order valence-electron chi connectivity index (χ1n) is 4.48. The summed E-state index contributed by atoms with van der Waals surface area (Å²) in [7, 11) is 0. The standard InChI is InChI=1S/C11H9N3S/c12-7-15-11-6-9-4-2-1-3-8(9)5-10(13)14-11/h1-4,6H,5H2,(H2,13,14). The number of hydrogen-bond acceptors (Lipinski definition) is 4. The third-order valence-corrected chi connectivity index (χ3v) is 2.62. The fraction of sp³-hybridized carbons (Fsp3) is 0.0909. The number of aliphatic imine (C=N–C) groups is 1. The molecule has 0 saturated carbocycles. The zero-order valence-corrected chi connectivity index (χ0v) is 8.79. The Kier molecular flexibility index (Phi) is 2.75. The monoisotopic (exact) mass is 215 g/mol. The fourth-order valence-electron chi connectivity index (χ4n) is 1.48. The Morgan fingerprint density at radius 3 is 3.00 bits per heavy atom. The highest BCUT2D eigenvalue weighted by Gasteiger charge is 2.09. The summed E-state index contributed by atoms with van der Waals surface area (Å²) in [5.41, 5.74) is 7.99. The van der Waals surface area contributed by atoms with Crippen LogP contribution >= 0.6 is 11.8 Å². The van der Waals surface area contributed by atoms with Gasteiger partial charge in [0.25, 0.3) is 0 Å². The van der Waals surface area contributed by atoms with Crippen molar-refractivity contribution in [3.63, 3.8) is 0 Å². The second kappa shape index (κ2) is 4.20. The minimum Gasteiger partial charge on any atom is -0.387 e. The number of nitrogens with two attached hydrogens (primary N) is 1. The van der Waals surface area contributed by atoms with Crippen LogP contribution in [0.3, 0.4) is 0 Å². The SMILES string of the molecule is N#CSC1=Cc2ccccc2CC(N)=N1. The van der Waals surface area contributed by atoms with Crippen LogP contribution in [0.5, 0.6) is 0 Å². The maximum atomic E-state index is 8.61. The lowest BCUT2D eigenvalue weighted by atomic mass is 10.1. The number of amidine groups is 1. The molecule has 15 heavy (non-hydrogen) atoms. The number of rotatable bonds is 1. The van der Waals surface area contributed by atoms with E-state index in [0.717, 1.165) is 22.9 Å². The number of nitrogens with zero attached hydrogens (tertiary/aromatic N) is 2. The van der Waals surface area contributed by atoms with Crippen molar-refractivity contribution < 1.29 is 0 Å². The molecule has 0 aromatic heterocycles. The fourth-order valence-corrected chi connectivity index (χ4v) is 1.92. The highest BCUT2D eigenvalue weighted by atomic mass is 32.2. The van der Waals surface area contributed by atoms with E-state index in [9.17, 15) is 0 Å². The van der Waals surface area contributed by atoms with Crippen LogP contribution in [0.1, 0.15) is 11.1 Å². The van der Waals surface area contributed by atoms with E-state index in [-0.39, 0.29) is 0 Å². The molecule has 74 valence electrons. The maximum Gasteiger partial charge on any atom is 0.140 e. The van der Waals surface area contributed by atoms with E-state index in [0.29, 0.717) is 17.3 Å². The molecule has 0 saturated heterocycles. The highest BCUT2D eigenvalue weighted by Crippen LogP contribution is 2.24. The third-order valence-electron chi connectivity index (χ3n) is 2.11. The van der Waals surface area contributed by atoms with Gasteiger partial charge in [0.15, 0.2) is 0 Å². The minimum absolute atomic E-state index is 0.550. The van der Waals surface area contributed by atoms with Gasteiger partial charge in [-0.25, -0.2) is 4.99 Å². The molecular weight excluding hydrogens is 206 g/mol. The van der Waals surface area contributed by atoms with Gasteiger partial charge in [0, 0.05) is 18.2 Å². The van der Waals surface area contributed by atoms with Gasteiger partial charge in [-0.2, -0.15) is 5.26 Å². The van der Waals surface area contributed by atoms with E-state index < -0.39 is 0 Å². The zero-order valence-electron chi connectivity index (χ0n) is 7.97. The highest BCUT2D eigenvalue weighted by molar-refractivity contribution is 8.07. The summed E-state index contributed by atoms with van der Waals surface area (Å²) in [6.07, 6.45) is 2.53. The lowest BCUT2D eigenvalue weighted by molar-refractivity contribution is 1.28. The number of nitriles is 1. The van der Waals surface area contributed by atoms with E-state index in [1.54, 1.807) is 0 Å². The van der Waals surface area contributed by atoms with Gasteiger partial charge in [-0.1, -0.05) is 24.3 Å². The Morgan fingerprint density at radius 1 is 1.40 bits per heavy atom. The Bertz CT molecular complexity index is 483. The van der Waals surface area contributed by atoms with Crippen molar-refractivity contribution in [2.24, 2.45) is 10.7 Å². The number of thioether (sulfide) groups is 1. The Labute approximate surface area is 92.3 Å². The molecule has 0 radical (unpaired) electrons. The maximum absolute atomic E-state index is 8.61. The van der Waals surface area contributed by atoms with Crippen LogP contribution in [0.25, 0.3) is 6.08 Å². The predicted molar refractivity (Wildman–Crippen MR) is 62.9 cm³/mol. The minimum atomic E-state index is 0.550. The average molecular weight is 215 g/mol. The van der Waals surface area contributed by atoms with Gasteiger partial charge in [0.2, 0.25) is 0 Å². The summed E-state index contributed by atoms with van der Waals surface area (Å²) in [6, 6.07) is 7.96. The topological polar surface area (TPSA) is 62.2 Å². The van der Waals surface area contributed by atoms with Crippen LogP contribution < -0.4 is 5.73 Å². The lowest BCUT2D eigenvalue weighted by Crippen LogP contribution is -2.14. The number of thiocyanates is 1. The average Bonchev–Trinajstić information content (AvgIpc) is 2.35. The smallest absolute Gasteiger partial charge is 0.140 e. The van der Waals surface area contributed by atoms with Gasteiger partial charge in [0.1, 0.15) is 16.3 Å². The molecular formula is C11H9N3S. The van der Waals surface area contributed by atoms with Crippen molar-refractivity contribution in [3.05, 3.63) is 40.4 Å². The molecule has 2 N–H and O–H groups in total. The first kappa shape index (κ1) is 9.81. The van der Waals surface area contributed by atoms with Crippen LogP contribution in [0.4, 0.5) is 0 Å². The summed E-state index contributed by atoms with van der Waals surface area (Å²) in [5, 5.41) is 11.3. The van der Waals surface area contributed by atoms with Crippen LogP contribution in [-0.4, -0.2) is 5.84 Å². The molecule has 1 heterocycles. The molecule has 0 spiro atoms. The first-order chi connectivity index (χ1) is 7.29. The van der Waals surface area contributed by atoms with Gasteiger partial charge >= 0.3 is 0 Å². The Balaban J connectivity index is 2.47. The lowest BCUT2D eigenvalue weighted by Gasteiger charge is -2.01. The molecule has 0 bridgehead atoms. The molecule has 1 aromatic rings. The predicted octanol–water partition coefficient (Wildman–Crippen LogP) is 2.11. The number of hydrogen-bond donors (Lipinski definition) is 1. The van der Waals surface area contributed by atoms with E-state index in [1.165, 1.54) is 0 Å². The third kappa shape index (κ3) is 2.20. The summed E-state index contributed by atoms with van der Waals surface area (Å²) in [6.45, 7) is 0. The van der Waals surface area contributed by atoms with Crippen LogP contribution in [-0.2, 0) is 6.42 Å². The molecule has 1 aliphatic rings. The Morgan fingerprint density at radius 2 is 2.20 bits per heavy atom. The van der Waals surface area contributed by atoms with E-state index >= 15 is 0 Å². The molecule has 0 aliphatic carbocycles. The number of fused-ring (bicyclic) bond motifs is 1. The first-order valence-corrected chi connectivity index (χ1v) is 5.30. The number of benzene rings is 1. The van der Waals surface area contributed by atoms with E-state index in [4.69, 9.17) is 11.0 Å². The van der Waals surface area contributed by atoms with Gasteiger partial charge < -0.3 is 5.73 Å². The molecule has 0 amide bonds.